The summed E-state index contributed by atoms with van der Waals surface area (Å²) >= 11 is 1.30. The molecule has 1 aliphatic rings. The van der Waals surface area contributed by atoms with Crippen LogP contribution in [0.25, 0.3) is 10.2 Å². The molecule has 0 fully saturated rings. The first-order valence-electron chi connectivity index (χ1n) is 11.4. The molecular weight excluding hydrogens is 514 g/mol. The molecule has 0 saturated carbocycles. The summed E-state index contributed by atoms with van der Waals surface area (Å²) in [5, 5.41) is 3.21. The molecule has 190 valence electrons. The second-order valence-corrected chi connectivity index (χ2v) is 11.4. The lowest BCUT2D eigenvalue weighted by Gasteiger charge is -2.19. The second kappa shape index (κ2) is 10.2. The molecule has 1 unspecified atom stereocenters. The number of amides is 1. The lowest BCUT2D eigenvalue weighted by atomic mass is 10.1. The predicted molar refractivity (Wildman–Crippen MR) is 142 cm³/mol. The van der Waals surface area contributed by atoms with Crippen LogP contribution in [0.4, 0.5) is 5.13 Å². The third kappa shape index (κ3) is 5.13. The summed E-state index contributed by atoms with van der Waals surface area (Å²) in [6, 6.07) is 16.9. The number of anilines is 1. The van der Waals surface area contributed by atoms with Gasteiger partial charge in [0, 0.05) is 18.8 Å². The molecule has 3 aromatic carbocycles. The zero-order chi connectivity index (χ0) is 26.0. The monoisotopic (exact) mass is 537 g/mol. The van der Waals surface area contributed by atoms with Crippen LogP contribution in [0, 0.1) is 0 Å². The van der Waals surface area contributed by atoms with E-state index in [4.69, 9.17) is 14.2 Å². The quantitative estimate of drug-likeness (QED) is 0.326. The summed E-state index contributed by atoms with van der Waals surface area (Å²) in [5.74, 6) is 1.14. The van der Waals surface area contributed by atoms with Crippen LogP contribution >= 0.6 is 11.3 Å². The third-order valence-corrected chi connectivity index (χ3v) is 8.39. The van der Waals surface area contributed by atoms with E-state index < -0.39 is 21.8 Å². The number of fused-ring (bicyclic) bond motifs is 3. The molecule has 37 heavy (non-hydrogen) atoms. The minimum atomic E-state index is -3.38. The minimum absolute atomic E-state index is 0.0176. The van der Waals surface area contributed by atoms with Crippen molar-refractivity contribution in [3.05, 3.63) is 71.8 Å². The zero-order valence-electron chi connectivity index (χ0n) is 20.0. The molecule has 0 radical (unpaired) electrons. The van der Waals surface area contributed by atoms with Gasteiger partial charge < -0.3 is 14.2 Å². The molecule has 11 heteroatoms. The molecule has 0 saturated heterocycles. The Morgan fingerprint density at radius 3 is 2.59 bits per heavy atom. The van der Waals surface area contributed by atoms with Crippen LogP contribution in [0.5, 0.6) is 17.2 Å². The van der Waals surface area contributed by atoms with E-state index in [2.05, 4.69) is 15.3 Å². The molecule has 2 heterocycles. The Hall–Kier alpha value is -3.96. The van der Waals surface area contributed by atoms with Crippen molar-refractivity contribution in [2.75, 3.05) is 24.9 Å². The van der Waals surface area contributed by atoms with Crippen molar-refractivity contribution in [1.82, 2.24) is 4.98 Å². The topological polar surface area (TPSA) is 116 Å². The molecule has 9 nitrogen and oxygen atoms in total. The highest BCUT2D eigenvalue weighted by molar-refractivity contribution is 7.91. The van der Waals surface area contributed by atoms with Crippen molar-refractivity contribution >= 4 is 48.6 Å². The largest absolute Gasteiger partial charge is 0.476 e. The number of carbonyl (C=O) groups excluding carboxylic acids is 1. The number of rotatable bonds is 8. The van der Waals surface area contributed by atoms with E-state index in [1.165, 1.54) is 23.5 Å². The fourth-order valence-electron chi connectivity index (χ4n) is 3.79. The van der Waals surface area contributed by atoms with Crippen molar-refractivity contribution in [2.45, 2.75) is 17.9 Å². The van der Waals surface area contributed by atoms with E-state index in [0.717, 1.165) is 10.3 Å². The molecule has 1 aromatic heterocycles. The Bertz CT molecular complexity index is 1580. The molecule has 1 amide bonds. The number of thiazole rings is 1. The van der Waals surface area contributed by atoms with E-state index in [1.54, 1.807) is 50.5 Å². The molecule has 0 aliphatic carbocycles. The summed E-state index contributed by atoms with van der Waals surface area (Å²) in [7, 11) is -1.70. The van der Waals surface area contributed by atoms with Crippen LogP contribution in [0.2, 0.25) is 0 Å². The van der Waals surface area contributed by atoms with E-state index in [-0.39, 0.29) is 17.4 Å². The average Bonchev–Trinajstić information content (AvgIpc) is 3.55. The maximum absolute atomic E-state index is 13.5. The van der Waals surface area contributed by atoms with E-state index in [9.17, 15) is 13.2 Å². The van der Waals surface area contributed by atoms with Gasteiger partial charge >= 0.3 is 0 Å². The van der Waals surface area contributed by atoms with Crippen LogP contribution in [-0.4, -0.2) is 45.1 Å². The number of nitrogens with zero attached hydrogens (tertiary/aromatic N) is 2. The Labute approximate surface area is 217 Å². The first-order chi connectivity index (χ1) is 17.9. The maximum atomic E-state index is 13.5. The van der Waals surface area contributed by atoms with Gasteiger partial charge in [0.15, 0.2) is 26.5 Å². The molecular formula is C26H23N3O6S2. The average molecular weight is 538 g/mol. The summed E-state index contributed by atoms with van der Waals surface area (Å²) in [4.78, 5) is 22.2. The highest BCUT2D eigenvalue weighted by atomic mass is 32.2. The summed E-state index contributed by atoms with van der Waals surface area (Å²) in [5.41, 5.74) is 1.98. The molecule has 0 bridgehead atoms. The van der Waals surface area contributed by atoms with Gasteiger partial charge in [-0.2, -0.15) is 0 Å². The smallest absolute Gasteiger partial charge is 0.271 e. The first kappa shape index (κ1) is 24.7. The summed E-state index contributed by atoms with van der Waals surface area (Å²) < 4.78 is 42.4. The number of carbonyl (C=O) groups is 1. The molecule has 4 aromatic rings. The summed E-state index contributed by atoms with van der Waals surface area (Å²) in [6.45, 7) is 1.70. The van der Waals surface area contributed by atoms with Crippen LogP contribution < -0.4 is 19.5 Å². The van der Waals surface area contributed by atoms with Crippen molar-refractivity contribution in [1.29, 1.82) is 0 Å². The van der Waals surface area contributed by atoms with Crippen LogP contribution in [0.15, 0.2) is 70.6 Å². The van der Waals surface area contributed by atoms with Gasteiger partial charge in [-0.25, -0.2) is 13.4 Å². The normalized spacial score (nSPS) is 13.7. The number of ether oxygens (including phenoxy) is 3. The van der Waals surface area contributed by atoms with Gasteiger partial charge in [-0.3, -0.25) is 15.1 Å². The van der Waals surface area contributed by atoms with Gasteiger partial charge in [-0.1, -0.05) is 30.4 Å². The summed E-state index contributed by atoms with van der Waals surface area (Å²) in [6.07, 6.45) is 0.640. The van der Waals surface area contributed by atoms with E-state index in [0.29, 0.717) is 33.5 Å². The fourth-order valence-corrected chi connectivity index (χ4v) is 5.54. The maximum Gasteiger partial charge on any atom is 0.271 e. The second-order valence-electron chi connectivity index (χ2n) is 8.08. The van der Waals surface area contributed by atoms with Crippen LogP contribution in [-0.2, 0) is 14.6 Å². The lowest BCUT2D eigenvalue weighted by Crippen LogP contribution is -2.25. The van der Waals surface area contributed by atoms with Gasteiger partial charge in [-0.05, 0) is 54.1 Å². The molecule has 1 aliphatic heterocycles. The van der Waals surface area contributed by atoms with Crippen LogP contribution in [0.1, 0.15) is 24.2 Å². The number of hydrogen-bond acceptors (Lipinski definition) is 9. The van der Waals surface area contributed by atoms with E-state index >= 15 is 0 Å². The first-order valence-corrected chi connectivity index (χ1v) is 13.9. The van der Waals surface area contributed by atoms with Crippen molar-refractivity contribution in [3.8, 4) is 17.2 Å². The van der Waals surface area contributed by atoms with Gasteiger partial charge in [0.2, 0.25) is 12.9 Å². The van der Waals surface area contributed by atoms with Gasteiger partial charge in [0.25, 0.3) is 5.91 Å². The van der Waals surface area contributed by atoms with Crippen molar-refractivity contribution in [3.63, 3.8) is 0 Å². The fraction of sp³-hybridized carbons (Fsp3) is 0.192. The molecule has 1 N–H and O–H groups in total. The molecule has 1 atom stereocenters. The predicted octanol–water partition coefficient (Wildman–Crippen LogP) is 4.63. The van der Waals surface area contributed by atoms with Gasteiger partial charge in [0.05, 0.1) is 15.3 Å². The molecule has 0 spiro atoms. The number of benzene rings is 3. The Morgan fingerprint density at radius 1 is 1.14 bits per heavy atom. The standard InChI is InChI=1S/C26H23N3O6S2/c1-3-37(31,32)19-10-6-17(7-11-19)23(35-18-8-4-16(5-9-18)14-27-2)25(30)29-26-28-22-21(36-26)13-12-20-24(22)34-15-33-20/h4-14,23H,3,15H2,1-2H3,(H,28,29,30)/b27-14+. The van der Waals surface area contributed by atoms with Gasteiger partial charge in [0.1, 0.15) is 11.3 Å². The Kier molecular flexibility index (Phi) is 6.81. The number of hydrogen-bond donors (Lipinski definition) is 1. The van der Waals surface area contributed by atoms with Crippen molar-refractivity contribution in [2.24, 2.45) is 4.99 Å². The Balaban J connectivity index is 1.45. The number of sulfone groups is 1. The number of aliphatic imine (C=N–C) groups is 1. The zero-order valence-corrected chi connectivity index (χ0v) is 21.6. The van der Waals surface area contributed by atoms with Crippen molar-refractivity contribution < 1.29 is 27.4 Å². The highest BCUT2D eigenvalue weighted by Gasteiger charge is 2.26. The number of nitrogens with one attached hydrogen (secondary N) is 1. The van der Waals surface area contributed by atoms with E-state index in [1.807, 2.05) is 18.2 Å². The highest BCUT2D eigenvalue weighted by Crippen LogP contribution is 2.42. The lowest BCUT2D eigenvalue weighted by molar-refractivity contribution is -0.123. The molecule has 5 rings (SSSR count). The number of aromatic nitrogens is 1. The Morgan fingerprint density at radius 2 is 1.89 bits per heavy atom. The SMILES string of the molecule is CCS(=O)(=O)c1ccc(C(Oc2ccc(/C=N/C)cc2)C(=O)Nc2nc3c4c(ccc3s2)OCO4)cc1. The third-order valence-electron chi connectivity index (χ3n) is 5.70. The minimum Gasteiger partial charge on any atom is -0.476 e. The van der Waals surface area contributed by atoms with Crippen LogP contribution in [0.3, 0.4) is 0 Å². The van der Waals surface area contributed by atoms with Gasteiger partial charge in [-0.15, -0.1) is 0 Å².